The first-order valence-corrected chi connectivity index (χ1v) is 4.58. The van der Waals surface area contributed by atoms with Crippen LogP contribution in [0.1, 0.15) is 16.7 Å². The number of carbonyl (C=O) groups excluding carboxylic acids is 1. The van der Waals surface area contributed by atoms with Gasteiger partial charge >= 0.3 is 6.03 Å². The Balaban J connectivity index is 2.72. The lowest BCUT2D eigenvalue weighted by Gasteiger charge is -1.95. The van der Waals surface area contributed by atoms with Gasteiger partial charge in [0.1, 0.15) is 0 Å². The molecule has 0 atom stereocenters. The number of nitrogens with zero attached hydrogens (tertiary/aromatic N) is 1. The molecule has 3 N–H and O–H groups in total. The van der Waals surface area contributed by atoms with Gasteiger partial charge in [0.25, 0.3) is 0 Å². The fourth-order valence-electron chi connectivity index (χ4n) is 0.823. The SMILES string of the molecule is C/C(=N/NC(N)=O)c1ccc(C)s1. The second kappa shape index (κ2) is 4.04. The zero-order chi connectivity index (χ0) is 9.84. The lowest BCUT2D eigenvalue weighted by molar-refractivity contribution is 0.249. The van der Waals surface area contributed by atoms with Gasteiger partial charge in [0.15, 0.2) is 0 Å². The Bertz CT molecular complexity index is 343. The second-order valence-electron chi connectivity index (χ2n) is 2.58. The molecule has 1 heterocycles. The minimum Gasteiger partial charge on any atom is -0.350 e. The summed E-state index contributed by atoms with van der Waals surface area (Å²) in [5.74, 6) is 0. The van der Waals surface area contributed by atoms with Crippen LogP contribution in [0, 0.1) is 6.92 Å². The molecule has 0 saturated carbocycles. The summed E-state index contributed by atoms with van der Waals surface area (Å²) in [7, 11) is 0. The van der Waals surface area contributed by atoms with Crippen molar-refractivity contribution in [1.82, 2.24) is 5.43 Å². The summed E-state index contributed by atoms with van der Waals surface area (Å²) in [5, 5.41) is 3.81. The molecule has 70 valence electrons. The van der Waals surface area contributed by atoms with Crippen LogP contribution >= 0.6 is 11.3 Å². The zero-order valence-electron chi connectivity index (χ0n) is 7.50. The summed E-state index contributed by atoms with van der Waals surface area (Å²) in [4.78, 5) is 12.6. The Morgan fingerprint density at radius 1 is 1.62 bits per heavy atom. The third kappa shape index (κ3) is 2.87. The molecule has 0 aliphatic heterocycles. The number of hydrazone groups is 1. The molecule has 0 saturated heterocycles. The van der Waals surface area contributed by atoms with Crippen LogP contribution in [0.5, 0.6) is 0 Å². The van der Waals surface area contributed by atoms with Crippen LogP contribution in [0.4, 0.5) is 4.79 Å². The van der Waals surface area contributed by atoms with Crippen LogP contribution in [0.2, 0.25) is 0 Å². The van der Waals surface area contributed by atoms with Crippen molar-refractivity contribution in [1.29, 1.82) is 0 Å². The minimum atomic E-state index is -0.646. The van der Waals surface area contributed by atoms with E-state index in [-0.39, 0.29) is 0 Å². The first-order valence-electron chi connectivity index (χ1n) is 3.76. The normalized spacial score (nSPS) is 11.4. The molecule has 4 nitrogen and oxygen atoms in total. The highest BCUT2D eigenvalue weighted by atomic mass is 32.1. The average molecular weight is 197 g/mol. The van der Waals surface area contributed by atoms with Crippen LogP contribution in [-0.2, 0) is 0 Å². The molecular weight excluding hydrogens is 186 g/mol. The van der Waals surface area contributed by atoms with E-state index < -0.39 is 6.03 Å². The topological polar surface area (TPSA) is 67.5 Å². The average Bonchev–Trinajstić information content (AvgIpc) is 2.47. The van der Waals surface area contributed by atoms with Gasteiger partial charge in [-0.25, -0.2) is 10.2 Å². The Morgan fingerprint density at radius 2 is 2.31 bits per heavy atom. The molecule has 5 heteroatoms. The Kier molecular flexibility index (Phi) is 3.02. The van der Waals surface area contributed by atoms with Crippen LogP contribution < -0.4 is 11.2 Å². The molecule has 1 rings (SSSR count). The Morgan fingerprint density at radius 3 is 2.77 bits per heavy atom. The molecule has 0 spiro atoms. The van der Waals surface area contributed by atoms with Gasteiger partial charge in [-0.2, -0.15) is 5.10 Å². The van der Waals surface area contributed by atoms with Gasteiger partial charge in [-0.1, -0.05) is 0 Å². The largest absolute Gasteiger partial charge is 0.350 e. The van der Waals surface area contributed by atoms with Crippen LogP contribution in [0.3, 0.4) is 0 Å². The number of aryl methyl sites for hydroxylation is 1. The first-order chi connectivity index (χ1) is 6.09. The predicted molar refractivity (Wildman–Crippen MR) is 54.0 cm³/mol. The van der Waals surface area contributed by atoms with E-state index in [0.29, 0.717) is 0 Å². The molecule has 0 bridgehead atoms. The number of urea groups is 1. The molecule has 0 aliphatic rings. The Labute approximate surface area is 80.4 Å². The third-order valence-electron chi connectivity index (χ3n) is 1.43. The highest BCUT2D eigenvalue weighted by molar-refractivity contribution is 7.14. The summed E-state index contributed by atoms with van der Waals surface area (Å²) >= 11 is 1.62. The maximum atomic E-state index is 10.3. The molecule has 0 radical (unpaired) electrons. The van der Waals surface area contributed by atoms with Crippen molar-refractivity contribution in [2.24, 2.45) is 10.8 Å². The van der Waals surface area contributed by atoms with E-state index in [2.05, 4.69) is 10.5 Å². The third-order valence-corrected chi connectivity index (χ3v) is 2.54. The molecule has 2 amide bonds. The van der Waals surface area contributed by atoms with Crippen LogP contribution in [0.25, 0.3) is 0 Å². The quantitative estimate of drug-likeness (QED) is 0.547. The summed E-state index contributed by atoms with van der Waals surface area (Å²) in [6.07, 6.45) is 0. The van der Waals surface area contributed by atoms with Crippen molar-refractivity contribution in [3.8, 4) is 0 Å². The highest BCUT2D eigenvalue weighted by Gasteiger charge is 2.00. The molecule has 1 aromatic heterocycles. The fraction of sp³-hybridized carbons (Fsp3) is 0.250. The molecule has 0 aliphatic carbocycles. The standard InChI is InChI=1S/C8H11N3OS/c1-5-3-4-7(13-5)6(2)10-11-8(9)12/h3-4H,1-2H3,(H3,9,11,12)/b10-6-. The van der Waals surface area contributed by atoms with Gasteiger partial charge < -0.3 is 5.73 Å². The van der Waals surface area contributed by atoms with Crippen molar-refractivity contribution in [2.45, 2.75) is 13.8 Å². The molecular formula is C8H11N3OS. The minimum absolute atomic E-state index is 0.646. The summed E-state index contributed by atoms with van der Waals surface area (Å²) < 4.78 is 0. The van der Waals surface area contributed by atoms with Crippen molar-refractivity contribution in [3.63, 3.8) is 0 Å². The number of carbonyl (C=O) groups is 1. The van der Waals surface area contributed by atoms with Crippen LogP contribution in [-0.4, -0.2) is 11.7 Å². The predicted octanol–water partition coefficient (Wildman–Crippen LogP) is 1.45. The molecule has 0 aromatic carbocycles. The number of amides is 2. The van der Waals surface area contributed by atoms with Crippen molar-refractivity contribution >= 4 is 23.1 Å². The van der Waals surface area contributed by atoms with Gasteiger partial charge in [-0.3, -0.25) is 0 Å². The molecule has 1 aromatic rings. The second-order valence-corrected chi connectivity index (χ2v) is 3.87. The highest BCUT2D eigenvalue weighted by Crippen LogP contribution is 2.15. The fourth-order valence-corrected chi connectivity index (χ4v) is 1.64. The molecule has 13 heavy (non-hydrogen) atoms. The summed E-state index contributed by atoms with van der Waals surface area (Å²) in [5.41, 5.74) is 7.82. The van der Waals surface area contributed by atoms with E-state index >= 15 is 0 Å². The van der Waals surface area contributed by atoms with Crippen molar-refractivity contribution in [3.05, 3.63) is 21.9 Å². The lowest BCUT2D eigenvalue weighted by Crippen LogP contribution is -2.25. The summed E-state index contributed by atoms with van der Waals surface area (Å²) in [6.45, 7) is 3.84. The van der Waals surface area contributed by atoms with Crippen molar-refractivity contribution in [2.75, 3.05) is 0 Å². The van der Waals surface area contributed by atoms with Gasteiger partial charge in [0.05, 0.1) is 10.6 Å². The van der Waals surface area contributed by atoms with E-state index in [9.17, 15) is 4.79 Å². The number of nitrogens with two attached hydrogens (primary N) is 1. The maximum Gasteiger partial charge on any atom is 0.332 e. The number of nitrogens with one attached hydrogen (secondary N) is 1. The lowest BCUT2D eigenvalue weighted by atomic mass is 10.3. The first kappa shape index (κ1) is 9.73. The number of primary amides is 1. The van der Waals surface area contributed by atoms with Gasteiger partial charge in [-0.05, 0) is 26.0 Å². The monoisotopic (exact) mass is 197 g/mol. The number of hydrogen-bond acceptors (Lipinski definition) is 3. The van der Waals surface area contributed by atoms with Crippen molar-refractivity contribution < 1.29 is 4.79 Å². The number of hydrogen-bond donors (Lipinski definition) is 2. The number of thiophene rings is 1. The number of rotatable bonds is 2. The maximum absolute atomic E-state index is 10.3. The van der Waals surface area contributed by atoms with Gasteiger partial charge in [0, 0.05) is 4.88 Å². The Hall–Kier alpha value is -1.36. The zero-order valence-corrected chi connectivity index (χ0v) is 8.31. The van der Waals surface area contributed by atoms with Gasteiger partial charge in [0.2, 0.25) is 0 Å². The van der Waals surface area contributed by atoms with E-state index in [1.807, 2.05) is 26.0 Å². The molecule has 0 fully saturated rings. The van der Waals surface area contributed by atoms with Crippen LogP contribution in [0.15, 0.2) is 17.2 Å². The van der Waals surface area contributed by atoms with E-state index in [1.165, 1.54) is 4.88 Å². The van der Waals surface area contributed by atoms with E-state index in [4.69, 9.17) is 5.73 Å². The summed E-state index contributed by atoms with van der Waals surface area (Å²) in [6, 6.07) is 3.32. The van der Waals surface area contributed by atoms with Gasteiger partial charge in [-0.15, -0.1) is 11.3 Å². The van der Waals surface area contributed by atoms with E-state index in [1.54, 1.807) is 11.3 Å². The molecule has 0 unspecified atom stereocenters. The smallest absolute Gasteiger partial charge is 0.332 e. The van der Waals surface area contributed by atoms with E-state index in [0.717, 1.165) is 10.6 Å².